The van der Waals surface area contributed by atoms with E-state index in [1.807, 2.05) is 18.2 Å². The lowest BCUT2D eigenvalue weighted by atomic mass is 10.0. The van der Waals surface area contributed by atoms with Crippen molar-refractivity contribution in [3.63, 3.8) is 0 Å². The van der Waals surface area contributed by atoms with Crippen LogP contribution in [-0.4, -0.2) is 33.2 Å². The summed E-state index contributed by atoms with van der Waals surface area (Å²) < 4.78 is 44.9. The predicted octanol–water partition coefficient (Wildman–Crippen LogP) is 11.0. The molecule has 0 bridgehead atoms. The number of nitrogens with zero attached hydrogens (tertiary/aromatic N) is 1. The van der Waals surface area contributed by atoms with Gasteiger partial charge in [0.05, 0.1) is 31.2 Å². The number of allylic oxidation sites excluding steroid dienone is 1. The second-order valence-corrected chi connectivity index (χ2v) is 14.4. The minimum Gasteiger partial charge on any atom is -0.497 e. The van der Waals surface area contributed by atoms with E-state index in [0.29, 0.717) is 17.0 Å². The quantitative estimate of drug-likeness (QED) is 0.0693. The molecule has 0 fully saturated rings. The lowest BCUT2D eigenvalue weighted by Gasteiger charge is -2.08. The topological polar surface area (TPSA) is 66.8 Å². The van der Waals surface area contributed by atoms with E-state index in [2.05, 4.69) is 30.3 Å². The number of unbranched alkanes of at least 4 members (excludes halogenated alkanes) is 14. The van der Waals surface area contributed by atoms with Gasteiger partial charge >= 0.3 is 0 Å². The van der Waals surface area contributed by atoms with Gasteiger partial charge in [-0.25, -0.2) is 12.4 Å². The third kappa shape index (κ3) is 11.9. The number of aromatic nitrogens is 1. The molecular weight excluding hydrogens is 619 g/mol. The maximum Gasteiger partial charge on any atom is 0.268 e. The van der Waals surface area contributed by atoms with Crippen LogP contribution in [0.5, 0.6) is 11.5 Å². The van der Waals surface area contributed by atoms with Crippen LogP contribution in [0.1, 0.15) is 107 Å². The van der Waals surface area contributed by atoms with Crippen LogP contribution >= 0.6 is 0 Å². The molecule has 1 heterocycles. The van der Waals surface area contributed by atoms with E-state index in [9.17, 15) is 8.42 Å². The van der Waals surface area contributed by atoms with E-state index in [1.165, 1.54) is 93.0 Å². The Morgan fingerprint density at radius 3 is 1.81 bits per heavy atom. The fraction of sp³-hybridized carbons (Fsp3) is 0.463. The van der Waals surface area contributed by atoms with Crippen LogP contribution in [0, 0.1) is 0 Å². The van der Waals surface area contributed by atoms with Crippen molar-refractivity contribution in [1.82, 2.24) is 3.97 Å². The molecule has 260 valence electrons. The fourth-order valence-electron chi connectivity index (χ4n) is 6.09. The van der Waals surface area contributed by atoms with Gasteiger partial charge in [0.25, 0.3) is 10.0 Å². The molecule has 0 aliphatic rings. The largest absolute Gasteiger partial charge is 0.497 e. The van der Waals surface area contributed by atoms with E-state index in [0.717, 1.165) is 37.0 Å². The van der Waals surface area contributed by atoms with Gasteiger partial charge < -0.3 is 14.2 Å². The van der Waals surface area contributed by atoms with Gasteiger partial charge in [-0.1, -0.05) is 120 Å². The number of rotatable bonds is 24. The molecule has 0 saturated heterocycles. The smallest absolute Gasteiger partial charge is 0.268 e. The summed E-state index contributed by atoms with van der Waals surface area (Å²) in [5.74, 6) is 1.31. The van der Waals surface area contributed by atoms with E-state index in [4.69, 9.17) is 14.2 Å². The summed E-state index contributed by atoms with van der Waals surface area (Å²) in [5, 5.41) is 0.850. The second kappa shape index (κ2) is 20.7. The number of hydrogen-bond acceptors (Lipinski definition) is 5. The van der Waals surface area contributed by atoms with Gasteiger partial charge in [-0.05, 0) is 67.3 Å². The van der Waals surface area contributed by atoms with Gasteiger partial charge in [0.2, 0.25) is 0 Å². The molecule has 0 amide bonds. The molecule has 1 aromatic heterocycles. The first kappa shape index (κ1) is 37.3. The number of fused-ring (bicyclic) bond motifs is 1. The van der Waals surface area contributed by atoms with Crippen LogP contribution in [0.3, 0.4) is 0 Å². The normalized spacial score (nSPS) is 11.9. The summed E-state index contributed by atoms with van der Waals surface area (Å²) in [4.78, 5) is 0.217. The summed E-state index contributed by atoms with van der Waals surface area (Å²) >= 11 is 0. The monoisotopic (exact) mass is 673 g/mol. The average molecular weight is 674 g/mol. The molecule has 0 atom stereocenters. The maximum absolute atomic E-state index is 13.6. The number of benzene rings is 3. The molecule has 0 spiro atoms. The lowest BCUT2D eigenvalue weighted by Crippen LogP contribution is -2.11. The Labute approximate surface area is 289 Å². The standard InChI is InChI=1S/C41H55NO5S/c1-45-37-25-28-39(29-26-37)48(43,44)42-33-36(40-32-38(46-2)27-30-41(40)42)24-20-15-13-11-9-7-5-3-4-6-8-10-12-14-16-21-31-47-34-35-22-18-17-19-23-35/h17-20,22-30,32-33H,3-16,21,31,34H2,1-2H3/b24-20-. The van der Waals surface area contributed by atoms with Crippen LogP contribution in [0.15, 0.2) is 90.0 Å². The Balaban J connectivity index is 1.06. The molecule has 0 unspecified atom stereocenters. The van der Waals surface area contributed by atoms with E-state index in [1.54, 1.807) is 56.8 Å². The molecular formula is C41H55NO5S. The van der Waals surface area contributed by atoms with Crippen molar-refractivity contribution in [1.29, 1.82) is 0 Å². The van der Waals surface area contributed by atoms with Crippen LogP contribution in [-0.2, 0) is 21.4 Å². The highest BCUT2D eigenvalue weighted by Gasteiger charge is 2.21. The SMILES string of the molecule is COc1ccc(S(=O)(=O)n2cc(/C=C\CCCCCCCCCCCCCCCCOCc3ccccc3)c3cc(OC)ccc32)cc1. The Morgan fingerprint density at radius 1 is 0.646 bits per heavy atom. The first-order valence-corrected chi connectivity index (χ1v) is 19.3. The zero-order chi connectivity index (χ0) is 33.9. The third-order valence-electron chi connectivity index (χ3n) is 8.94. The van der Waals surface area contributed by atoms with Crippen molar-refractivity contribution in [2.75, 3.05) is 20.8 Å². The molecule has 6 nitrogen and oxygen atoms in total. The Kier molecular flexibility index (Phi) is 16.1. The summed E-state index contributed by atoms with van der Waals surface area (Å²) in [6.07, 6.45) is 25.1. The van der Waals surface area contributed by atoms with Gasteiger partial charge in [0.1, 0.15) is 11.5 Å². The predicted molar refractivity (Wildman–Crippen MR) is 198 cm³/mol. The van der Waals surface area contributed by atoms with Crippen LogP contribution in [0.25, 0.3) is 17.0 Å². The van der Waals surface area contributed by atoms with Gasteiger partial charge in [-0.3, -0.25) is 0 Å². The Bertz CT molecular complexity index is 1610. The minimum absolute atomic E-state index is 0.217. The highest BCUT2D eigenvalue weighted by molar-refractivity contribution is 7.90. The molecule has 0 radical (unpaired) electrons. The Hall–Kier alpha value is -3.55. The highest BCUT2D eigenvalue weighted by Crippen LogP contribution is 2.31. The highest BCUT2D eigenvalue weighted by atomic mass is 32.2. The van der Waals surface area contributed by atoms with Crippen LogP contribution in [0.2, 0.25) is 0 Å². The first-order valence-electron chi connectivity index (χ1n) is 17.9. The van der Waals surface area contributed by atoms with Gasteiger partial charge in [0, 0.05) is 23.8 Å². The van der Waals surface area contributed by atoms with Crippen molar-refractivity contribution in [2.45, 2.75) is 108 Å². The Morgan fingerprint density at radius 2 is 1.21 bits per heavy atom. The van der Waals surface area contributed by atoms with Crippen molar-refractivity contribution in [3.8, 4) is 11.5 Å². The van der Waals surface area contributed by atoms with Crippen molar-refractivity contribution < 1.29 is 22.6 Å². The second-order valence-electron chi connectivity index (χ2n) is 12.6. The molecule has 4 aromatic rings. The first-order chi connectivity index (χ1) is 23.5. The molecule has 0 aliphatic heterocycles. The summed E-state index contributed by atoms with van der Waals surface area (Å²) in [7, 11) is -0.592. The summed E-state index contributed by atoms with van der Waals surface area (Å²) in [5.41, 5.74) is 2.75. The molecule has 7 heteroatoms. The van der Waals surface area contributed by atoms with Crippen molar-refractivity contribution in [2.24, 2.45) is 0 Å². The zero-order valence-electron chi connectivity index (χ0n) is 29.1. The third-order valence-corrected chi connectivity index (χ3v) is 10.6. The van der Waals surface area contributed by atoms with Gasteiger partial charge in [-0.15, -0.1) is 0 Å². The molecule has 3 aromatic carbocycles. The zero-order valence-corrected chi connectivity index (χ0v) is 29.9. The molecule has 4 rings (SSSR count). The number of ether oxygens (including phenoxy) is 3. The van der Waals surface area contributed by atoms with E-state index < -0.39 is 10.0 Å². The molecule has 0 N–H and O–H groups in total. The van der Waals surface area contributed by atoms with Crippen LogP contribution < -0.4 is 9.47 Å². The number of hydrogen-bond donors (Lipinski definition) is 0. The molecule has 0 saturated carbocycles. The minimum atomic E-state index is -3.78. The fourth-order valence-corrected chi connectivity index (χ4v) is 7.46. The summed E-state index contributed by atoms with van der Waals surface area (Å²) in [6.45, 7) is 1.60. The van der Waals surface area contributed by atoms with E-state index in [-0.39, 0.29) is 4.90 Å². The lowest BCUT2D eigenvalue weighted by molar-refractivity contribution is 0.116. The van der Waals surface area contributed by atoms with Gasteiger partial charge in [0.15, 0.2) is 0 Å². The van der Waals surface area contributed by atoms with Gasteiger partial charge in [-0.2, -0.15) is 0 Å². The van der Waals surface area contributed by atoms with Crippen molar-refractivity contribution in [3.05, 3.63) is 96.2 Å². The van der Waals surface area contributed by atoms with E-state index >= 15 is 0 Å². The molecule has 48 heavy (non-hydrogen) atoms. The van der Waals surface area contributed by atoms with Crippen LogP contribution in [0.4, 0.5) is 0 Å². The maximum atomic E-state index is 13.6. The average Bonchev–Trinajstić information content (AvgIpc) is 3.49. The summed E-state index contributed by atoms with van der Waals surface area (Å²) in [6, 6.07) is 22.4. The molecule has 0 aliphatic carbocycles. The van der Waals surface area contributed by atoms with Crippen molar-refractivity contribution >= 4 is 27.0 Å². The number of methoxy groups -OCH3 is 2.